The fourth-order valence-electron chi connectivity index (χ4n) is 3.17. The molecule has 0 atom stereocenters. The van der Waals surface area contributed by atoms with Crippen LogP contribution in [-0.2, 0) is 10.2 Å². The van der Waals surface area contributed by atoms with Gasteiger partial charge in [-0.2, -0.15) is 0 Å². The minimum atomic E-state index is -0.513. The number of benzene rings is 3. The van der Waals surface area contributed by atoms with Gasteiger partial charge in [0.15, 0.2) is 0 Å². The molecule has 0 bridgehead atoms. The first-order valence-electron chi connectivity index (χ1n) is 9.67. The van der Waals surface area contributed by atoms with Crippen molar-refractivity contribution in [2.24, 2.45) is 0 Å². The average molecular weight is 386 g/mol. The van der Waals surface area contributed by atoms with E-state index in [1.807, 2.05) is 72.8 Å². The first-order valence-corrected chi connectivity index (χ1v) is 9.67. The number of carbonyl (C=O) groups is 2. The lowest BCUT2D eigenvalue weighted by atomic mass is 9.87. The predicted molar refractivity (Wildman–Crippen MR) is 115 cm³/mol. The zero-order valence-electron chi connectivity index (χ0n) is 17.0. The molecule has 0 radical (unpaired) electrons. The molecule has 2 amide bonds. The lowest BCUT2D eigenvalue weighted by molar-refractivity contribution is -0.122. The Labute approximate surface area is 171 Å². The summed E-state index contributed by atoms with van der Waals surface area (Å²) in [5.41, 5.74) is 8.50. The van der Waals surface area contributed by atoms with Gasteiger partial charge in [-0.1, -0.05) is 93.6 Å². The third kappa shape index (κ3) is 5.11. The van der Waals surface area contributed by atoms with Gasteiger partial charge in [0.1, 0.15) is 0 Å². The molecule has 4 nitrogen and oxygen atoms in total. The number of hydrogen-bond acceptors (Lipinski definition) is 2. The summed E-state index contributed by atoms with van der Waals surface area (Å²) >= 11 is 0. The summed E-state index contributed by atoms with van der Waals surface area (Å²) in [6.07, 6.45) is 0. The van der Waals surface area contributed by atoms with Crippen LogP contribution in [0, 0.1) is 0 Å². The molecule has 3 rings (SSSR count). The number of amides is 2. The van der Waals surface area contributed by atoms with E-state index < -0.39 is 5.92 Å². The third-order valence-corrected chi connectivity index (χ3v) is 4.84. The van der Waals surface area contributed by atoms with Gasteiger partial charge in [-0.15, -0.1) is 0 Å². The minimum Gasteiger partial charge on any atom is -0.272 e. The molecular weight excluding hydrogens is 360 g/mol. The first-order chi connectivity index (χ1) is 13.9. The topological polar surface area (TPSA) is 58.2 Å². The van der Waals surface area contributed by atoms with E-state index in [-0.39, 0.29) is 17.2 Å². The minimum absolute atomic E-state index is 0.0157. The molecular formula is C25H26N2O2. The molecule has 3 aromatic carbocycles. The summed E-state index contributed by atoms with van der Waals surface area (Å²) in [5.74, 6) is -1.15. The van der Waals surface area contributed by atoms with Crippen LogP contribution < -0.4 is 10.9 Å². The Morgan fingerprint density at radius 1 is 0.690 bits per heavy atom. The van der Waals surface area contributed by atoms with Gasteiger partial charge in [0.05, 0.1) is 5.92 Å². The molecule has 0 unspecified atom stereocenters. The number of nitrogens with one attached hydrogen (secondary N) is 2. The molecule has 0 saturated carbocycles. The van der Waals surface area contributed by atoms with E-state index in [1.165, 1.54) is 0 Å². The summed E-state index contributed by atoms with van der Waals surface area (Å²) in [5, 5.41) is 0. The second kappa shape index (κ2) is 8.74. The quantitative estimate of drug-likeness (QED) is 0.645. The van der Waals surface area contributed by atoms with E-state index in [1.54, 1.807) is 12.1 Å². The van der Waals surface area contributed by atoms with E-state index in [2.05, 4.69) is 31.6 Å². The zero-order chi connectivity index (χ0) is 20.9. The highest BCUT2D eigenvalue weighted by atomic mass is 16.2. The Hall–Kier alpha value is -3.40. The monoisotopic (exact) mass is 386 g/mol. The summed E-state index contributed by atoms with van der Waals surface area (Å²) in [6, 6.07) is 26.5. The maximum atomic E-state index is 12.9. The second-order valence-electron chi connectivity index (χ2n) is 8.03. The van der Waals surface area contributed by atoms with Crippen LogP contribution in [-0.4, -0.2) is 11.8 Å². The number of rotatable bonds is 4. The van der Waals surface area contributed by atoms with Crippen LogP contribution in [0.1, 0.15) is 53.7 Å². The Morgan fingerprint density at radius 2 is 1.17 bits per heavy atom. The Morgan fingerprint density at radius 3 is 1.62 bits per heavy atom. The Balaban J connectivity index is 1.73. The first kappa shape index (κ1) is 20.3. The van der Waals surface area contributed by atoms with Crippen molar-refractivity contribution in [1.82, 2.24) is 10.9 Å². The second-order valence-corrected chi connectivity index (χ2v) is 8.03. The van der Waals surface area contributed by atoms with Crippen molar-refractivity contribution >= 4 is 11.8 Å². The van der Waals surface area contributed by atoms with Gasteiger partial charge in [0, 0.05) is 5.56 Å². The Kier molecular flexibility index (Phi) is 6.13. The van der Waals surface area contributed by atoms with Gasteiger partial charge >= 0.3 is 0 Å². The van der Waals surface area contributed by atoms with Crippen LogP contribution in [0.25, 0.3) is 0 Å². The lowest BCUT2D eigenvalue weighted by Crippen LogP contribution is -2.44. The summed E-state index contributed by atoms with van der Waals surface area (Å²) in [7, 11) is 0. The fraction of sp³-hybridized carbons (Fsp3) is 0.200. The van der Waals surface area contributed by atoms with Gasteiger partial charge in [-0.05, 0) is 34.2 Å². The van der Waals surface area contributed by atoms with Gasteiger partial charge in [0.25, 0.3) is 5.91 Å². The SMILES string of the molecule is CC(C)(C)c1ccc(C(=O)NNC(=O)C(c2ccccc2)c2ccccc2)cc1. The zero-order valence-corrected chi connectivity index (χ0v) is 17.0. The van der Waals surface area contributed by atoms with Crippen LogP contribution in [0.3, 0.4) is 0 Å². The maximum absolute atomic E-state index is 12.9. The van der Waals surface area contributed by atoms with Crippen molar-refractivity contribution in [3.05, 3.63) is 107 Å². The predicted octanol–water partition coefficient (Wildman–Crippen LogP) is 4.58. The molecule has 3 aromatic rings. The highest BCUT2D eigenvalue weighted by molar-refractivity contribution is 5.96. The molecule has 4 heteroatoms. The lowest BCUT2D eigenvalue weighted by Gasteiger charge is -2.19. The van der Waals surface area contributed by atoms with Crippen molar-refractivity contribution in [1.29, 1.82) is 0 Å². The molecule has 148 valence electrons. The summed E-state index contributed by atoms with van der Waals surface area (Å²) in [6.45, 7) is 6.36. The molecule has 0 spiro atoms. The Bertz CT molecular complexity index is 920. The molecule has 0 fully saturated rings. The van der Waals surface area contributed by atoms with Gasteiger partial charge in [0.2, 0.25) is 5.91 Å². The van der Waals surface area contributed by atoms with E-state index in [9.17, 15) is 9.59 Å². The van der Waals surface area contributed by atoms with Crippen LogP contribution in [0.4, 0.5) is 0 Å². The van der Waals surface area contributed by atoms with Crippen LogP contribution in [0.5, 0.6) is 0 Å². The van der Waals surface area contributed by atoms with Crippen LogP contribution in [0.15, 0.2) is 84.9 Å². The molecule has 0 aliphatic rings. The van der Waals surface area contributed by atoms with Crippen molar-refractivity contribution in [3.63, 3.8) is 0 Å². The normalized spacial score (nSPS) is 11.2. The molecule has 0 aromatic heterocycles. The smallest absolute Gasteiger partial charge is 0.269 e. The van der Waals surface area contributed by atoms with E-state index in [0.717, 1.165) is 16.7 Å². The molecule has 0 aliphatic carbocycles. The van der Waals surface area contributed by atoms with Gasteiger partial charge in [-0.25, -0.2) is 0 Å². The van der Waals surface area contributed by atoms with Crippen molar-refractivity contribution in [3.8, 4) is 0 Å². The van der Waals surface area contributed by atoms with E-state index in [0.29, 0.717) is 5.56 Å². The maximum Gasteiger partial charge on any atom is 0.269 e. The highest BCUT2D eigenvalue weighted by Gasteiger charge is 2.23. The van der Waals surface area contributed by atoms with Crippen molar-refractivity contribution in [2.45, 2.75) is 32.1 Å². The molecule has 0 heterocycles. The largest absolute Gasteiger partial charge is 0.272 e. The molecule has 2 N–H and O–H groups in total. The van der Waals surface area contributed by atoms with Crippen molar-refractivity contribution < 1.29 is 9.59 Å². The number of hydrazine groups is 1. The molecule has 0 aliphatic heterocycles. The molecule has 0 saturated heterocycles. The molecule has 29 heavy (non-hydrogen) atoms. The van der Waals surface area contributed by atoms with Crippen molar-refractivity contribution in [2.75, 3.05) is 0 Å². The van der Waals surface area contributed by atoms with E-state index >= 15 is 0 Å². The number of hydrogen-bond donors (Lipinski definition) is 2. The standard InChI is InChI=1S/C25H26N2O2/c1-25(2,3)21-16-14-20(15-17-21)23(28)26-27-24(29)22(18-10-6-4-7-11-18)19-12-8-5-9-13-19/h4-17,22H,1-3H3,(H,26,28)(H,27,29). The summed E-state index contributed by atoms with van der Waals surface area (Å²) < 4.78 is 0. The fourth-order valence-corrected chi connectivity index (χ4v) is 3.17. The van der Waals surface area contributed by atoms with Gasteiger partial charge < -0.3 is 0 Å². The van der Waals surface area contributed by atoms with Gasteiger partial charge in [-0.3, -0.25) is 20.4 Å². The van der Waals surface area contributed by atoms with E-state index in [4.69, 9.17) is 0 Å². The van der Waals surface area contributed by atoms with Crippen LogP contribution in [0.2, 0.25) is 0 Å². The third-order valence-electron chi connectivity index (χ3n) is 4.84. The summed E-state index contributed by atoms with van der Waals surface area (Å²) in [4.78, 5) is 25.4. The number of carbonyl (C=O) groups excluding carboxylic acids is 2. The highest BCUT2D eigenvalue weighted by Crippen LogP contribution is 2.25. The average Bonchev–Trinajstić information content (AvgIpc) is 2.73. The van der Waals surface area contributed by atoms with Crippen LogP contribution >= 0.6 is 0 Å².